The number of nitrogens with zero attached hydrogens (tertiary/aromatic N) is 1. The zero-order valence-corrected chi connectivity index (χ0v) is 22.0. The molecule has 2 amide bonds. The highest BCUT2D eigenvalue weighted by atomic mass is 16.7. The number of rotatable bonds is 14. The van der Waals surface area contributed by atoms with Gasteiger partial charge in [0, 0.05) is 43.6 Å². The van der Waals surface area contributed by atoms with Crippen LogP contribution in [0.1, 0.15) is 67.6 Å². The average molecular weight is 526 g/mol. The van der Waals surface area contributed by atoms with Gasteiger partial charge in [0.25, 0.3) is 0 Å². The second-order valence-electron chi connectivity index (χ2n) is 9.63. The number of hydrogen-bond donors (Lipinski definition) is 4. The maximum atomic E-state index is 12.5. The molecular weight excluding hydrogens is 486 g/mol. The summed E-state index contributed by atoms with van der Waals surface area (Å²) in [6, 6.07) is 15.3. The van der Waals surface area contributed by atoms with Crippen LogP contribution >= 0.6 is 0 Å². The first-order valence-electron chi connectivity index (χ1n) is 13.0. The molecule has 0 radical (unpaired) electrons. The molecule has 3 atom stereocenters. The molecule has 9 heteroatoms. The third kappa shape index (κ3) is 9.34. The summed E-state index contributed by atoms with van der Waals surface area (Å²) < 4.78 is 12.8. The minimum absolute atomic E-state index is 0.00804. The fourth-order valence-electron chi connectivity index (χ4n) is 4.47. The maximum absolute atomic E-state index is 12.5. The second kappa shape index (κ2) is 15.4. The fourth-order valence-corrected chi connectivity index (χ4v) is 4.47. The molecule has 1 aliphatic heterocycles. The first-order valence-corrected chi connectivity index (χ1v) is 13.0. The molecule has 1 saturated heterocycles. The van der Waals surface area contributed by atoms with Crippen LogP contribution in [0, 0.1) is 0 Å². The number of carbonyl (C=O) groups excluding carboxylic acids is 2. The lowest BCUT2D eigenvalue weighted by atomic mass is 9.99. The summed E-state index contributed by atoms with van der Waals surface area (Å²) in [6.45, 7) is 5.27. The summed E-state index contributed by atoms with van der Waals surface area (Å²) in [5.41, 5.74) is 4.95. The molecule has 3 rings (SSSR count). The summed E-state index contributed by atoms with van der Waals surface area (Å²) in [5, 5.41) is 20.9. The van der Waals surface area contributed by atoms with Crippen molar-refractivity contribution in [1.82, 2.24) is 10.4 Å². The van der Waals surface area contributed by atoms with Crippen molar-refractivity contribution < 1.29 is 29.4 Å². The van der Waals surface area contributed by atoms with E-state index in [0.29, 0.717) is 44.3 Å². The molecule has 4 N–H and O–H groups in total. The molecule has 38 heavy (non-hydrogen) atoms. The van der Waals surface area contributed by atoms with Gasteiger partial charge in [-0.05, 0) is 43.1 Å². The molecule has 1 fully saturated rings. The van der Waals surface area contributed by atoms with Crippen LogP contribution in [-0.4, -0.2) is 53.3 Å². The van der Waals surface area contributed by atoms with E-state index in [2.05, 4.69) is 16.8 Å². The van der Waals surface area contributed by atoms with Crippen molar-refractivity contribution in [1.29, 1.82) is 0 Å². The minimum Gasteiger partial charge on any atom is -0.392 e. The molecule has 9 nitrogen and oxygen atoms in total. The normalized spacial score (nSPS) is 19.2. The highest BCUT2D eigenvalue weighted by molar-refractivity contribution is 5.90. The van der Waals surface area contributed by atoms with Crippen LogP contribution in [-0.2, 0) is 25.7 Å². The molecule has 0 aromatic heterocycles. The molecule has 0 bridgehead atoms. The largest absolute Gasteiger partial charge is 0.392 e. The van der Waals surface area contributed by atoms with Gasteiger partial charge in [-0.15, -0.1) is 6.58 Å². The number of hydrogen-bond acceptors (Lipinski definition) is 7. The van der Waals surface area contributed by atoms with Gasteiger partial charge in [-0.1, -0.05) is 48.9 Å². The monoisotopic (exact) mass is 525 g/mol. The van der Waals surface area contributed by atoms with Gasteiger partial charge in [-0.3, -0.25) is 14.8 Å². The van der Waals surface area contributed by atoms with Crippen LogP contribution in [0.5, 0.6) is 0 Å². The number of carbonyl (C=O) groups is 2. The summed E-state index contributed by atoms with van der Waals surface area (Å²) in [6.07, 6.45) is 4.22. The molecule has 1 heterocycles. The third-order valence-corrected chi connectivity index (χ3v) is 6.45. The quantitative estimate of drug-likeness (QED) is 0.126. The average Bonchev–Trinajstić information content (AvgIpc) is 2.92. The zero-order valence-electron chi connectivity index (χ0n) is 22.0. The first-order chi connectivity index (χ1) is 18.4. The van der Waals surface area contributed by atoms with Crippen molar-refractivity contribution in [3.63, 3.8) is 0 Å². The fraction of sp³-hybridized carbons (Fsp3) is 0.448. The number of aliphatic hydroxyl groups is 1. The van der Waals surface area contributed by atoms with Crippen LogP contribution in [0.3, 0.4) is 0 Å². The van der Waals surface area contributed by atoms with Gasteiger partial charge in [0.1, 0.15) is 0 Å². The first kappa shape index (κ1) is 29.5. The lowest BCUT2D eigenvalue weighted by Crippen LogP contribution is -2.37. The number of hydroxylamine groups is 1. The molecule has 0 spiro atoms. The van der Waals surface area contributed by atoms with Crippen molar-refractivity contribution >= 4 is 17.5 Å². The van der Waals surface area contributed by atoms with Crippen molar-refractivity contribution in [2.45, 2.75) is 63.6 Å². The van der Waals surface area contributed by atoms with E-state index in [9.17, 15) is 14.7 Å². The highest BCUT2D eigenvalue weighted by Crippen LogP contribution is 2.38. The lowest BCUT2D eigenvalue weighted by molar-refractivity contribution is -0.252. The Balaban J connectivity index is 1.65. The number of benzene rings is 2. The van der Waals surface area contributed by atoms with Crippen LogP contribution in [0.4, 0.5) is 5.69 Å². The molecule has 2 aromatic carbocycles. The Morgan fingerprint density at radius 2 is 1.79 bits per heavy atom. The van der Waals surface area contributed by atoms with Gasteiger partial charge in [-0.2, -0.15) is 0 Å². The third-order valence-electron chi connectivity index (χ3n) is 6.45. The SMILES string of the molecule is C=CCN(C)C[C@@H]1C[C@H](c2ccc(CO)cc2)O[C@H](c2cccc(NC(=O)CCCCCC(=O)NO)c2)O1. The van der Waals surface area contributed by atoms with Gasteiger partial charge < -0.3 is 24.8 Å². The summed E-state index contributed by atoms with van der Waals surface area (Å²) in [5.74, 6) is -0.526. The number of amides is 2. The predicted molar refractivity (Wildman–Crippen MR) is 144 cm³/mol. The molecular formula is C29H39N3O6. The Labute approximate surface area is 224 Å². The molecule has 206 valence electrons. The minimum atomic E-state index is -0.608. The Bertz CT molecular complexity index is 1040. The summed E-state index contributed by atoms with van der Waals surface area (Å²) >= 11 is 0. The van der Waals surface area contributed by atoms with E-state index < -0.39 is 12.2 Å². The Morgan fingerprint density at radius 1 is 1.05 bits per heavy atom. The van der Waals surface area contributed by atoms with Gasteiger partial charge in [0.2, 0.25) is 11.8 Å². The Morgan fingerprint density at radius 3 is 2.47 bits per heavy atom. The highest BCUT2D eigenvalue weighted by Gasteiger charge is 2.32. The van der Waals surface area contributed by atoms with Crippen molar-refractivity contribution in [3.8, 4) is 0 Å². The Hall–Kier alpha value is -3.08. The second-order valence-corrected chi connectivity index (χ2v) is 9.63. The van der Waals surface area contributed by atoms with E-state index in [1.807, 2.05) is 61.7 Å². The molecule has 0 saturated carbocycles. The van der Waals surface area contributed by atoms with E-state index in [4.69, 9.17) is 14.7 Å². The van der Waals surface area contributed by atoms with Crippen LogP contribution < -0.4 is 10.8 Å². The van der Waals surface area contributed by atoms with Crippen LogP contribution in [0.15, 0.2) is 61.2 Å². The molecule has 0 unspecified atom stereocenters. The van der Waals surface area contributed by atoms with Gasteiger partial charge >= 0.3 is 0 Å². The topological polar surface area (TPSA) is 120 Å². The van der Waals surface area contributed by atoms with Crippen molar-refractivity contribution in [2.75, 3.05) is 25.5 Å². The van der Waals surface area contributed by atoms with E-state index in [1.165, 1.54) is 0 Å². The molecule has 2 aromatic rings. The zero-order chi connectivity index (χ0) is 27.3. The number of ether oxygens (including phenoxy) is 2. The summed E-state index contributed by atoms with van der Waals surface area (Å²) in [4.78, 5) is 25.7. The maximum Gasteiger partial charge on any atom is 0.243 e. The number of likely N-dealkylation sites (N-methyl/N-ethyl adjacent to an activating group) is 1. The molecule has 1 aliphatic rings. The molecule has 0 aliphatic carbocycles. The van der Waals surface area contributed by atoms with Crippen LogP contribution in [0.25, 0.3) is 0 Å². The predicted octanol–water partition coefficient (Wildman–Crippen LogP) is 4.24. The van der Waals surface area contributed by atoms with E-state index >= 15 is 0 Å². The van der Waals surface area contributed by atoms with E-state index in [1.54, 1.807) is 5.48 Å². The summed E-state index contributed by atoms with van der Waals surface area (Å²) in [7, 11) is 2.03. The smallest absolute Gasteiger partial charge is 0.243 e. The Kier molecular flexibility index (Phi) is 11.9. The number of unbranched alkanes of at least 4 members (excludes halogenated alkanes) is 2. The van der Waals surface area contributed by atoms with Crippen molar-refractivity contribution in [2.24, 2.45) is 0 Å². The van der Waals surface area contributed by atoms with Gasteiger partial charge in [0.05, 0.1) is 18.8 Å². The number of aliphatic hydroxyl groups excluding tert-OH is 1. The van der Waals surface area contributed by atoms with E-state index in [-0.39, 0.29) is 31.1 Å². The number of anilines is 1. The van der Waals surface area contributed by atoms with Gasteiger partial charge in [0.15, 0.2) is 6.29 Å². The van der Waals surface area contributed by atoms with E-state index in [0.717, 1.165) is 23.2 Å². The van der Waals surface area contributed by atoms with Gasteiger partial charge in [-0.25, -0.2) is 5.48 Å². The van der Waals surface area contributed by atoms with Crippen molar-refractivity contribution in [3.05, 3.63) is 77.9 Å². The standard InChI is InChI=1S/C29H39N3O6/c1-3-16-32(2)19-25-18-26(22-14-12-21(20-33)13-15-22)38-29(37-25)23-8-7-9-24(17-23)30-27(34)10-5-4-6-11-28(35)31-36/h3,7-9,12-15,17,25-26,29,33,36H,1,4-6,10-11,16,18-20H2,2H3,(H,30,34)(H,31,35)/t25-,26+,29+/m0/s1. The number of nitrogens with one attached hydrogen (secondary N) is 2. The lowest BCUT2D eigenvalue weighted by Gasteiger charge is -2.37. The van der Waals surface area contributed by atoms with Crippen LogP contribution in [0.2, 0.25) is 0 Å².